The standard InChI is InChI=1S/C25H24N6/c1-17-4-7-22(8-5-17)27-16-25-26-10-11-31(25)24-14-20(12-18(2)29-24)19-6-9-23-21(13-19)15-28-30(23)3/h4-15,27H,16H2,1-3H3. The summed E-state index contributed by atoms with van der Waals surface area (Å²) in [7, 11) is 1.96. The van der Waals surface area contributed by atoms with E-state index in [1.165, 1.54) is 5.56 Å². The molecule has 0 unspecified atom stereocenters. The van der Waals surface area contributed by atoms with Crippen molar-refractivity contribution in [1.29, 1.82) is 0 Å². The number of benzene rings is 2. The molecule has 5 aromatic rings. The summed E-state index contributed by atoms with van der Waals surface area (Å²) >= 11 is 0. The maximum Gasteiger partial charge on any atom is 0.138 e. The van der Waals surface area contributed by atoms with Crippen LogP contribution in [0.1, 0.15) is 17.1 Å². The zero-order chi connectivity index (χ0) is 21.4. The van der Waals surface area contributed by atoms with Gasteiger partial charge in [-0.3, -0.25) is 9.25 Å². The molecule has 0 saturated carbocycles. The molecule has 0 fully saturated rings. The van der Waals surface area contributed by atoms with Crippen LogP contribution in [0.3, 0.4) is 0 Å². The van der Waals surface area contributed by atoms with Crippen LogP contribution >= 0.6 is 0 Å². The first-order chi connectivity index (χ1) is 15.1. The summed E-state index contributed by atoms with van der Waals surface area (Å²) in [5, 5.41) is 8.93. The molecule has 0 bridgehead atoms. The average Bonchev–Trinajstić information content (AvgIpc) is 3.39. The number of hydrogen-bond acceptors (Lipinski definition) is 4. The lowest BCUT2D eigenvalue weighted by Crippen LogP contribution is -2.09. The van der Waals surface area contributed by atoms with Crippen molar-refractivity contribution in [2.75, 3.05) is 5.32 Å². The van der Waals surface area contributed by atoms with Crippen LogP contribution in [0.2, 0.25) is 0 Å². The number of fused-ring (bicyclic) bond motifs is 1. The smallest absolute Gasteiger partial charge is 0.138 e. The molecule has 5 rings (SSSR count). The van der Waals surface area contributed by atoms with Gasteiger partial charge in [0.25, 0.3) is 0 Å². The van der Waals surface area contributed by atoms with Crippen LogP contribution in [0.5, 0.6) is 0 Å². The van der Waals surface area contributed by atoms with Gasteiger partial charge in [0.2, 0.25) is 0 Å². The minimum Gasteiger partial charge on any atom is -0.378 e. The third kappa shape index (κ3) is 3.80. The van der Waals surface area contributed by atoms with E-state index in [1.807, 2.05) is 41.8 Å². The summed E-state index contributed by atoms with van der Waals surface area (Å²) < 4.78 is 3.93. The largest absolute Gasteiger partial charge is 0.378 e. The highest BCUT2D eigenvalue weighted by Gasteiger charge is 2.10. The Labute approximate surface area is 181 Å². The fourth-order valence-corrected chi connectivity index (χ4v) is 3.81. The van der Waals surface area contributed by atoms with E-state index in [9.17, 15) is 0 Å². The molecule has 0 amide bonds. The first kappa shape index (κ1) is 19.1. The fraction of sp³-hybridized carbons (Fsp3) is 0.160. The monoisotopic (exact) mass is 408 g/mol. The van der Waals surface area contributed by atoms with Crippen LogP contribution in [0.15, 0.2) is 73.2 Å². The number of rotatable bonds is 5. The van der Waals surface area contributed by atoms with Crippen LogP contribution in [0.25, 0.3) is 27.8 Å². The predicted molar refractivity (Wildman–Crippen MR) is 124 cm³/mol. The van der Waals surface area contributed by atoms with Crippen LogP contribution in [0.4, 0.5) is 5.69 Å². The number of hydrogen-bond donors (Lipinski definition) is 1. The molecule has 1 N–H and O–H groups in total. The number of imidazole rings is 1. The summed E-state index contributed by atoms with van der Waals surface area (Å²) in [5.74, 6) is 1.77. The second-order valence-electron chi connectivity index (χ2n) is 7.83. The molecule has 0 saturated heterocycles. The van der Waals surface area contributed by atoms with Crippen LogP contribution in [-0.4, -0.2) is 24.3 Å². The van der Waals surface area contributed by atoms with Gasteiger partial charge in [0.05, 0.1) is 18.3 Å². The van der Waals surface area contributed by atoms with E-state index in [0.29, 0.717) is 6.54 Å². The molecule has 6 heteroatoms. The van der Waals surface area contributed by atoms with E-state index >= 15 is 0 Å². The highest BCUT2D eigenvalue weighted by Crippen LogP contribution is 2.26. The van der Waals surface area contributed by atoms with Crippen molar-refractivity contribution in [3.05, 3.63) is 90.3 Å². The Kier molecular flexibility index (Phi) is 4.75. The molecule has 2 aromatic carbocycles. The number of nitrogens with zero attached hydrogens (tertiary/aromatic N) is 5. The number of pyridine rings is 1. The molecule has 3 aromatic heterocycles. The second-order valence-corrected chi connectivity index (χ2v) is 7.83. The Hall–Kier alpha value is -3.93. The van der Waals surface area contributed by atoms with E-state index in [4.69, 9.17) is 4.98 Å². The number of aryl methyl sites for hydroxylation is 3. The number of aromatic nitrogens is 5. The zero-order valence-electron chi connectivity index (χ0n) is 17.9. The number of nitrogens with one attached hydrogen (secondary N) is 1. The molecule has 31 heavy (non-hydrogen) atoms. The van der Waals surface area contributed by atoms with Gasteiger partial charge in [-0.2, -0.15) is 5.10 Å². The Morgan fingerprint density at radius 1 is 0.935 bits per heavy atom. The molecule has 0 spiro atoms. The van der Waals surface area contributed by atoms with Gasteiger partial charge in [0.1, 0.15) is 11.6 Å². The van der Waals surface area contributed by atoms with Crippen LogP contribution < -0.4 is 5.32 Å². The van der Waals surface area contributed by atoms with Crippen molar-refractivity contribution in [3.8, 4) is 16.9 Å². The van der Waals surface area contributed by atoms with E-state index in [-0.39, 0.29) is 0 Å². The van der Waals surface area contributed by atoms with Gasteiger partial charge >= 0.3 is 0 Å². The quantitative estimate of drug-likeness (QED) is 0.442. The molecule has 6 nitrogen and oxygen atoms in total. The molecule has 0 aliphatic carbocycles. The van der Waals surface area contributed by atoms with Gasteiger partial charge < -0.3 is 5.32 Å². The van der Waals surface area contributed by atoms with Crippen molar-refractivity contribution in [2.24, 2.45) is 7.05 Å². The van der Waals surface area contributed by atoms with Crippen LogP contribution in [-0.2, 0) is 13.6 Å². The summed E-state index contributed by atoms with van der Waals surface area (Å²) in [4.78, 5) is 9.32. The van der Waals surface area contributed by atoms with Gasteiger partial charge in [-0.05, 0) is 61.4 Å². The first-order valence-corrected chi connectivity index (χ1v) is 10.3. The molecule has 0 atom stereocenters. The average molecular weight is 409 g/mol. The van der Waals surface area contributed by atoms with Gasteiger partial charge in [-0.15, -0.1) is 0 Å². The predicted octanol–water partition coefficient (Wildman–Crippen LogP) is 5.05. The van der Waals surface area contributed by atoms with E-state index in [1.54, 1.807) is 0 Å². The van der Waals surface area contributed by atoms with Gasteiger partial charge in [-0.1, -0.05) is 23.8 Å². The van der Waals surface area contributed by atoms with E-state index in [2.05, 4.69) is 76.9 Å². The minimum absolute atomic E-state index is 0.614. The van der Waals surface area contributed by atoms with E-state index in [0.717, 1.165) is 45.1 Å². The molecule has 3 heterocycles. The SMILES string of the molecule is Cc1ccc(NCc2nccn2-c2cc(-c3ccc4c(cnn4C)c3)cc(C)n2)cc1. The maximum atomic E-state index is 4.77. The van der Waals surface area contributed by atoms with E-state index < -0.39 is 0 Å². The van der Waals surface area contributed by atoms with Gasteiger partial charge in [0, 0.05) is 36.2 Å². The first-order valence-electron chi connectivity index (χ1n) is 10.3. The molecule has 0 aliphatic heterocycles. The lowest BCUT2D eigenvalue weighted by atomic mass is 10.0. The van der Waals surface area contributed by atoms with Gasteiger partial charge in [0.15, 0.2) is 0 Å². The third-order valence-electron chi connectivity index (χ3n) is 5.49. The zero-order valence-corrected chi connectivity index (χ0v) is 17.9. The molecular formula is C25H24N6. The highest BCUT2D eigenvalue weighted by molar-refractivity contribution is 5.84. The lowest BCUT2D eigenvalue weighted by molar-refractivity contribution is 0.797. The normalized spacial score (nSPS) is 11.2. The summed E-state index contributed by atoms with van der Waals surface area (Å²) in [5.41, 5.74) is 6.67. The van der Waals surface area contributed by atoms with Crippen molar-refractivity contribution in [2.45, 2.75) is 20.4 Å². The lowest BCUT2D eigenvalue weighted by Gasteiger charge is -2.12. The molecule has 154 valence electrons. The third-order valence-corrected chi connectivity index (χ3v) is 5.49. The second kappa shape index (κ2) is 7.72. The highest BCUT2D eigenvalue weighted by atomic mass is 15.2. The molecule has 0 aliphatic rings. The van der Waals surface area contributed by atoms with Crippen molar-refractivity contribution in [3.63, 3.8) is 0 Å². The summed E-state index contributed by atoms with van der Waals surface area (Å²) in [6.45, 7) is 4.73. The summed E-state index contributed by atoms with van der Waals surface area (Å²) in [6, 6.07) is 19.0. The van der Waals surface area contributed by atoms with Gasteiger partial charge in [-0.25, -0.2) is 9.97 Å². The van der Waals surface area contributed by atoms with Crippen molar-refractivity contribution in [1.82, 2.24) is 24.3 Å². The maximum absolute atomic E-state index is 4.77. The summed E-state index contributed by atoms with van der Waals surface area (Å²) in [6.07, 6.45) is 5.68. The topological polar surface area (TPSA) is 60.6 Å². The Morgan fingerprint density at radius 3 is 2.61 bits per heavy atom. The molecule has 0 radical (unpaired) electrons. The fourth-order valence-electron chi connectivity index (χ4n) is 3.81. The Morgan fingerprint density at radius 2 is 1.77 bits per heavy atom. The van der Waals surface area contributed by atoms with Crippen LogP contribution in [0, 0.1) is 13.8 Å². The minimum atomic E-state index is 0.614. The number of anilines is 1. The Bertz CT molecular complexity index is 1360. The molecular weight excluding hydrogens is 384 g/mol. The Balaban J connectivity index is 1.46. The van der Waals surface area contributed by atoms with Crippen molar-refractivity contribution < 1.29 is 0 Å². The van der Waals surface area contributed by atoms with Crippen molar-refractivity contribution >= 4 is 16.6 Å².